The van der Waals surface area contributed by atoms with E-state index < -0.39 is 6.09 Å². The second-order valence-electron chi connectivity index (χ2n) is 2.98. The number of hydrogen-bond donors (Lipinski definition) is 2. The summed E-state index contributed by atoms with van der Waals surface area (Å²) in [5, 5.41) is 0. The van der Waals surface area contributed by atoms with E-state index in [0.717, 1.165) is 5.56 Å². The average Bonchev–Trinajstić information content (AvgIpc) is 2.60. The molecule has 0 aliphatic rings. The molecular formula is C10H9N3O3. The first-order chi connectivity index (χ1) is 7.66. The molecule has 0 fully saturated rings. The van der Waals surface area contributed by atoms with Crippen molar-refractivity contribution >= 4 is 11.9 Å². The smallest absolute Gasteiger partial charge is 0.406 e. The third-order valence-corrected chi connectivity index (χ3v) is 1.86. The lowest BCUT2D eigenvalue weighted by molar-refractivity contribution is 0.195. The maximum atomic E-state index is 10.5. The lowest BCUT2D eigenvalue weighted by atomic mass is 10.2. The predicted molar refractivity (Wildman–Crippen MR) is 56.6 cm³/mol. The van der Waals surface area contributed by atoms with Crippen LogP contribution in [-0.4, -0.2) is 11.1 Å². The Bertz CT molecular complexity index is 507. The van der Waals surface area contributed by atoms with Crippen molar-refractivity contribution in [2.75, 3.05) is 5.73 Å². The lowest BCUT2D eigenvalue weighted by Gasteiger charge is -1.95. The number of nitrogens with zero attached hydrogens (tertiary/aromatic N) is 1. The van der Waals surface area contributed by atoms with Gasteiger partial charge in [-0.15, -0.1) is 0 Å². The number of ether oxygens (including phenoxy) is 1. The molecule has 2 aromatic rings. The number of benzene rings is 1. The normalized spacial score (nSPS) is 10.0. The maximum absolute atomic E-state index is 10.5. The van der Waals surface area contributed by atoms with Crippen LogP contribution >= 0.6 is 0 Å². The van der Waals surface area contributed by atoms with E-state index in [0.29, 0.717) is 5.76 Å². The second-order valence-corrected chi connectivity index (χ2v) is 2.98. The Morgan fingerprint density at radius 1 is 1.31 bits per heavy atom. The fourth-order valence-corrected chi connectivity index (χ4v) is 1.24. The zero-order chi connectivity index (χ0) is 11.5. The van der Waals surface area contributed by atoms with Crippen molar-refractivity contribution in [2.45, 2.75) is 0 Å². The van der Waals surface area contributed by atoms with Crippen LogP contribution < -0.4 is 16.2 Å². The van der Waals surface area contributed by atoms with E-state index in [9.17, 15) is 4.79 Å². The summed E-state index contributed by atoms with van der Waals surface area (Å²) in [6, 6.07) is 9.10. The number of nitrogen functional groups attached to an aromatic ring is 1. The van der Waals surface area contributed by atoms with E-state index in [2.05, 4.69) is 9.72 Å². The van der Waals surface area contributed by atoms with E-state index in [1.807, 2.05) is 18.2 Å². The molecule has 1 aromatic carbocycles. The monoisotopic (exact) mass is 219 g/mol. The molecule has 4 N–H and O–H groups in total. The largest absolute Gasteiger partial charge is 0.413 e. The summed E-state index contributed by atoms with van der Waals surface area (Å²) in [6.07, 6.45) is -1.26. The van der Waals surface area contributed by atoms with Gasteiger partial charge in [0.1, 0.15) is 0 Å². The zero-order valence-corrected chi connectivity index (χ0v) is 8.21. The molecule has 0 spiro atoms. The molecule has 0 saturated carbocycles. The van der Waals surface area contributed by atoms with Gasteiger partial charge in [-0.05, 0) is 0 Å². The number of nitrogens with two attached hydrogens (primary N) is 2. The number of hydrogen-bond acceptors (Lipinski definition) is 5. The van der Waals surface area contributed by atoms with Crippen molar-refractivity contribution in [2.24, 2.45) is 5.73 Å². The van der Waals surface area contributed by atoms with Gasteiger partial charge in [0.2, 0.25) is 0 Å². The number of rotatable bonds is 2. The first-order valence-electron chi connectivity index (χ1n) is 4.46. The van der Waals surface area contributed by atoms with Crippen LogP contribution in [0.1, 0.15) is 0 Å². The van der Waals surface area contributed by atoms with E-state index in [1.165, 1.54) is 0 Å². The highest BCUT2D eigenvalue weighted by Crippen LogP contribution is 2.29. The third-order valence-electron chi connectivity index (χ3n) is 1.86. The van der Waals surface area contributed by atoms with Crippen molar-refractivity contribution < 1.29 is 13.9 Å². The van der Waals surface area contributed by atoms with E-state index in [4.69, 9.17) is 15.9 Å². The summed E-state index contributed by atoms with van der Waals surface area (Å²) in [4.78, 5) is 14.2. The fraction of sp³-hybridized carbons (Fsp3) is 0. The van der Waals surface area contributed by atoms with Crippen LogP contribution in [0.3, 0.4) is 0 Å². The van der Waals surface area contributed by atoms with Crippen molar-refractivity contribution in [3.63, 3.8) is 0 Å². The van der Waals surface area contributed by atoms with Crippen LogP contribution in [0.5, 0.6) is 6.08 Å². The van der Waals surface area contributed by atoms with Crippen LogP contribution in [0.25, 0.3) is 11.3 Å². The van der Waals surface area contributed by atoms with Gasteiger partial charge in [0, 0.05) is 5.56 Å². The number of amides is 1. The molecule has 0 atom stereocenters. The highest BCUT2D eigenvalue weighted by Gasteiger charge is 2.14. The lowest BCUT2D eigenvalue weighted by Crippen LogP contribution is -2.16. The number of primary amides is 1. The Morgan fingerprint density at radius 2 is 2.00 bits per heavy atom. The number of carbonyl (C=O) groups is 1. The first-order valence-corrected chi connectivity index (χ1v) is 4.46. The Balaban J connectivity index is 2.36. The number of anilines is 1. The zero-order valence-electron chi connectivity index (χ0n) is 8.21. The van der Waals surface area contributed by atoms with Gasteiger partial charge < -0.3 is 20.6 Å². The minimum Gasteiger partial charge on any atom is -0.406 e. The molecule has 0 bridgehead atoms. The van der Waals surface area contributed by atoms with Crippen LogP contribution in [-0.2, 0) is 0 Å². The second kappa shape index (κ2) is 3.93. The molecule has 1 aromatic heterocycles. The van der Waals surface area contributed by atoms with Gasteiger partial charge in [-0.25, -0.2) is 4.79 Å². The quantitative estimate of drug-likeness (QED) is 0.793. The van der Waals surface area contributed by atoms with Gasteiger partial charge in [-0.2, -0.15) is 4.98 Å². The maximum Gasteiger partial charge on any atom is 0.413 e. The summed E-state index contributed by atoms with van der Waals surface area (Å²) in [6.45, 7) is 0. The van der Waals surface area contributed by atoms with Gasteiger partial charge >= 0.3 is 12.2 Å². The van der Waals surface area contributed by atoms with Crippen LogP contribution in [0, 0.1) is 0 Å². The average molecular weight is 219 g/mol. The minimum absolute atomic E-state index is 0.141. The molecule has 0 radical (unpaired) electrons. The van der Waals surface area contributed by atoms with Gasteiger partial charge in [0.25, 0.3) is 0 Å². The number of aromatic nitrogens is 1. The molecule has 0 aliphatic carbocycles. The third kappa shape index (κ3) is 1.95. The van der Waals surface area contributed by atoms with Crippen molar-refractivity contribution in [3.8, 4) is 17.4 Å². The molecule has 0 aliphatic heterocycles. The summed E-state index contributed by atoms with van der Waals surface area (Å²) in [5.41, 5.74) is 11.2. The molecule has 0 unspecified atom stereocenters. The van der Waals surface area contributed by atoms with Gasteiger partial charge in [0.15, 0.2) is 11.6 Å². The molecule has 16 heavy (non-hydrogen) atoms. The number of carbonyl (C=O) groups excluding carboxylic acids is 1. The topological polar surface area (TPSA) is 104 Å². The summed E-state index contributed by atoms with van der Waals surface area (Å²) in [7, 11) is 0. The molecule has 2 rings (SSSR count). The highest BCUT2D eigenvalue weighted by molar-refractivity contribution is 5.70. The molecule has 0 saturated heterocycles. The molecule has 6 heteroatoms. The Hall–Kier alpha value is -2.50. The predicted octanol–water partition coefficient (Wildman–Crippen LogP) is 1.38. The summed E-state index contributed by atoms with van der Waals surface area (Å²) in [5.74, 6) is 0.485. The first kappa shape index (κ1) is 10.0. The molecular weight excluding hydrogens is 210 g/mol. The van der Waals surface area contributed by atoms with E-state index in [-0.39, 0.29) is 11.9 Å². The minimum atomic E-state index is -0.999. The van der Waals surface area contributed by atoms with Crippen LogP contribution in [0.2, 0.25) is 0 Å². The Labute approximate surface area is 90.8 Å². The molecule has 82 valence electrons. The standard InChI is InChI=1S/C10H9N3O3/c11-8-7(6-4-2-1-3-5-6)15-10(13-8)16-9(12)14/h1-5H,11H2,(H2,12,14). The fourth-order valence-electron chi connectivity index (χ4n) is 1.24. The van der Waals surface area contributed by atoms with Crippen LogP contribution in [0.4, 0.5) is 10.6 Å². The SMILES string of the molecule is NC(=O)Oc1nc(N)c(-c2ccccc2)o1. The van der Waals surface area contributed by atoms with Gasteiger partial charge in [-0.1, -0.05) is 30.3 Å². The number of oxazole rings is 1. The van der Waals surface area contributed by atoms with Crippen molar-refractivity contribution in [3.05, 3.63) is 30.3 Å². The molecule has 1 heterocycles. The molecule has 6 nitrogen and oxygen atoms in total. The highest BCUT2D eigenvalue weighted by atomic mass is 16.6. The van der Waals surface area contributed by atoms with E-state index in [1.54, 1.807) is 12.1 Å². The summed E-state index contributed by atoms with van der Waals surface area (Å²) < 4.78 is 9.63. The van der Waals surface area contributed by atoms with Crippen LogP contribution in [0.15, 0.2) is 34.7 Å². The van der Waals surface area contributed by atoms with Gasteiger partial charge in [0.05, 0.1) is 0 Å². The Kier molecular flexibility index (Phi) is 2.47. The summed E-state index contributed by atoms with van der Waals surface area (Å²) >= 11 is 0. The van der Waals surface area contributed by atoms with Crippen molar-refractivity contribution in [1.29, 1.82) is 0 Å². The van der Waals surface area contributed by atoms with Gasteiger partial charge in [-0.3, -0.25) is 0 Å². The Morgan fingerprint density at radius 3 is 2.62 bits per heavy atom. The molecule has 1 amide bonds. The van der Waals surface area contributed by atoms with E-state index >= 15 is 0 Å². The van der Waals surface area contributed by atoms with Crippen molar-refractivity contribution in [1.82, 2.24) is 4.98 Å².